The van der Waals surface area contributed by atoms with Crippen molar-refractivity contribution in [3.05, 3.63) is 35.4 Å². The molecule has 0 unspecified atom stereocenters. The molecule has 0 aromatic heterocycles. The second-order valence-corrected chi connectivity index (χ2v) is 6.84. The molecule has 23 heavy (non-hydrogen) atoms. The third kappa shape index (κ3) is 4.28. The van der Waals surface area contributed by atoms with E-state index >= 15 is 0 Å². The Labute approximate surface area is 136 Å². The number of nitrogens with two attached hydrogens (primary N) is 1. The Morgan fingerprint density at radius 1 is 1.13 bits per heavy atom. The van der Waals surface area contributed by atoms with Gasteiger partial charge >= 0.3 is 0 Å². The van der Waals surface area contributed by atoms with E-state index in [0.29, 0.717) is 12.2 Å². The molecule has 3 N–H and O–H groups in total. The van der Waals surface area contributed by atoms with Gasteiger partial charge in [0.1, 0.15) is 11.6 Å². The Bertz CT molecular complexity index is 518. The summed E-state index contributed by atoms with van der Waals surface area (Å²) in [5, 5.41) is 3.42. The molecule has 1 aromatic rings. The number of rotatable bonds is 4. The molecule has 5 heteroatoms. The summed E-state index contributed by atoms with van der Waals surface area (Å²) in [6.45, 7) is 1.65. The molecular weight excluding hydrogens is 298 g/mol. The quantitative estimate of drug-likeness (QED) is 0.895. The standard InChI is InChI=1S/C18H26F2N2O/c19-13-5-8-16(20)15(10-13)12-3-6-14(7-4-12)23-11-18-17(21)2-1-9-22-18/h5,8,10,12,14,17-18,22H,1-4,6-7,9,11,21H2/t12?,14?,17-,18-/m0/s1. The van der Waals surface area contributed by atoms with E-state index in [1.54, 1.807) is 0 Å². The van der Waals surface area contributed by atoms with E-state index in [-0.39, 0.29) is 35.7 Å². The Morgan fingerprint density at radius 3 is 2.65 bits per heavy atom. The van der Waals surface area contributed by atoms with Crippen LogP contribution in [0.3, 0.4) is 0 Å². The minimum atomic E-state index is -0.364. The van der Waals surface area contributed by atoms with E-state index in [0.717, 1.165) is 45.1 Å². The van der Waals surface area contributed by atoms with Crippen LogP contribution in [0.4, 0.5) is 8.78 Å². The highest BCUT2D eigenvalue weighted by Crippen LogP contribution is 2.35. The molecular formula is C18H26F2N2O. The number of hydrogen-bond acceptors (Lipinski definition) is 3. The van der Waals surface area contributed by atoms with Gasteiger partial charge in [-0.1, -0.05) is 0 Å². The van der Waals surface area contributed by atoms with Crippen molar-refractivity contribution in [3.8, 4) is 0 Å². The predicted molar refractivity (Wildman–Crippen MR) is 86.3 cm³/mol. The summed E-state index contributed by atoms with van der Waals surface area (Å²) < 4.78 is 33.2. The number of hydrogen-bond donors (Lipinski definition) is 2. The Hall–Kier alpha value is -1.04. The zero-order chi connectivity index (χ0) is 16.2. The van der Waals surface area contributed by atoms with Crippen LogP contribution in [0.25, 0.3) is 0 Å². The van der Waals surface area contributed by atoms with E-state index in [4.69, 9.17) is 10.5 Å². The van der Waals surface area contributed by atoms with Gasteiger partial charge in [-0.3, -0.25) is 0 Å². The fraction of sp³-hybridized carbons (Fsp3) is 0.667. The molecule has 0 radical (unpaired) electrons. The van der Waals surface area contributed by atoms with Crippen molar-refractivity contribution in [3.63, 3.8) is 0 Å². The second-order valence-electron chi connectivity index (χ2n) is 6.84. The Kier molecular flexibility index (Phi) is 5.62. The van der Waals surface area contributed by atoms with Crippen molar-refractivity contribution >= 4 is 0 Å². The molecule has 1 aliphatic heterocycles. The lowest BCUT2D eigenvalue weighted by atomic mass is 9.82. The molecule has 3 rings (SSSR count). The van der Waals surface area contributed by atoms with Crippen LogP contribution in [0, 0.1) is 11.6 Å². The first-order chi connectivity index (χ1) is 11.1. The zero-order valence-corrected chi connectivity index (χ0v) is 13.4. The van der Waals surface area contributed by atoms with E-state index in [1.165, 1.54) is 18.2 Å². The van der Waals surface area contributed by atoms with Gasteiger partial charge in [0.15, 0.2) is 0 Å². The monoisotopic (exact) mass is 324 g/mol. The van der Waals surface area contributed by atoms with Crippen LogP contribution in [0.2, 0.25) is 0 Å². The molecule has 0 spiro atoms. The molecule has 0 bridgehead atoms. The van der Waals surface area contributed by atoms with Gasteiger partial charge in [0.25, 0.3) is 0 Å². The van der Waals surface area contributed by atoms with Crippen LogP contribution in [-0.2, 0) is 4.74 Å². The average Bonchev–Trinajstić information content (AvgIpc) is 2.57. The molecule has 0 amide bonds. The fourth-order valence-electron chi connectivity index (χ4n) is 3.77. The van der Waals surface area contributed by atoms with Gasteiger partial charge < -0.3 is 15.8 Å². The molecule has 1 heterocycles. The molecule has 1 aliphatic carbocycles. The lowest BCUT2D eigenvalue weighted by molar-refractivity contribution is 0.00601. The van der Waals surface area contributed by atoms with Gasteiger partial charge in [0, 0.05) is 12.1 Å². The van der Waals surface area contributed by atoms with Crippen LogP contribution in [0.1, 0.15) is 50.0 Å². The summed E-state index contributed by atoms with van der Waals surface area (Å²) in [6.07, 6.45) is 5.85. The van der Waals surface area contributed by atoms with Gasteiger partial charge in [-0.2, -0.15) is 0 Å². The lowest BCUT2D eigenvalue weighted by Gasteiger charge is -2.33. The number of piperidine rings is 1. The molecule has 2 atom stereocenters. The van der Waals surface area contributed by atoms with Gasteiger partial charge in [-0.25, -0.2) is 8.78 Å². The van der Waals surface area contributed by atoms with Crippen molar-refractivity contribution in [1.82, 2.24) is 5.32 Å². The summed E-state index contributed by atoms with van der Waals surface area (Å²) in [5.41, 5.74) is 6.62. The molecule has 1 saturated carbocycles. The molecule has 128 valence electrons. The van der Waals surface area contributed by atoms with E-state index in [9.17, 15) is 8.78 Å². The average molecular weight is 324 g/mol. The molecule has 1 aromatic carbocycles. The SMILES string of the molecule is N[C@H]1CCCN[C@H]1COC1CCC(c2cc(F)ccc2F)CC1. The fourth-order valence-corrected chi connectivity index (χ4v) is 3.77. The maximum Gasteiger partial charge on any atom is 0.126 e. The van der Waals surface area contributed by atoms with Crippen LogP contribution in [-0.4, -0.2) is 31.3 Å². The summed E-state index contributed by atoms with van der Waals surface area (Å²) >= 11 is 0. The van der Waals surface area contributed by atoms with E-state index < -0.39 is 0 Å². The van der Waals surface area contributed by atoms with Crippen LogP contribution in [0.15, 0.2) is 18.2 Å². The van der Waals surface area contributed by atoms with Crippen molar-refractivity contribution in [1.29, 1.82) is 0 Å². The highest BCUT2D eigenvalue weighted by molar-refractivity contribution is 5.23. The summed E-state index contributed by atoms with van der Waals surface area (Å²) in [6, 6.07) is 4.15. The summed E-state index contributed by atoms with van der Waals surface area (Å²) in [7, 11) is 0. The lowest BCUT2D eigenvalue weighted by Crippen LogP contribution is -2.52. The number of halogens is 2. The zero-order valence-electron chi connectivity index (χ0n) is 13.4. The minimum Gasteiger partial charge on any atom is -0.377 e. The summed E-state index contributed by atoms with van der Waals surface area (Å²) in [4.78, 5) is 0. The topological polar surface area (TPSA) is 47.3 Å². The van der Waals surface area contributed by atoms with Crippen LogP contribution < -0.4 is 11.1 Å². The highest BCUT2D eigenvalue weighted by atomic mass is 19.1. The Morgan fingerprint density at radius 2 is 1.91 bits per heavy atom. The maximum absolute atomic E-state index is 13.9. The molecule has 2 aliphatic rings. The third-order valence-corrected chi connectivity index (χ3v) is 5.22. The van der Waals surface area contributed by atoms with Gasteiger partial charge in [0.2, 0.25) is 0 Å². The first kappa shape index (κ1) is 16.8. The molecule has 3 nitrogen and oxygen atoms in total. The van der Waals surface area contributed by atoms with Gasteiger partial charge in [-0.15, -0.1) is 0 Å². The Balaban J connectivity index is 1.47. The molecule has 2 fully saturated rings. The normalized spacial score (nSPS) is 32.0. The molecule has 1 saturated heterocycles. The van der Waals surface area contributed by atoms with Crippen LogP contribution >= 0.6 is 0 Å². The predicted octanol–water partition coefficient (Wildman–Crippen LogP) is 3.09. The largest absolute Gasteiger partial charge is 0.377 e. The highest BCUT2D eigenvalue weighted by Gasteiger charge is 2.27. The number of ether oxygens (including phenoxy) is 1. The van der Waals surface area contributed by atoms with E-state index in [2.05, 4.69) is 5.32 Å². The third-order valence-electron chi connectivity index (χ3n) is 5.22. The minimum absolute atomic E-state index is 0.0978. The number of nitrogens with one attached hydrogen (secondary N) is 1. The van der Waals surface area contributed by atoms with Crippen molar-refractivity contribution in [2.24, 2.45) is 5.73 Å². The number of benzene rings is 1. The first-order valence-electron chi connectivity index (χ1n) is 8.69. The van der Waals surface area contributed by atoms with Gasteiger partial charge in [0.05, 0.1) is 12.7 Å². The maximum atomic E-state index is 13.9. The van der Waals surface area contributed by atoms with Crippen molar-refractivity contribution in [2.45, 2.75) is 62.6 Å². The first-order valence-corrected chi connectivity index (χ1v) is 8.69. The summed E-state index contributed by atoms with van der Waals surface area (Å²) in [5.74, 6) is -0.564. The van der Waals surface area contributed by atoms with Crippen molar-refractivity contribution in [2.75, 3.05) is 13.2 Å². The van der Waals surface area contributed by atoms with E-state index in [1.807, 2.05) is 0 Å². The van der Waals surface area contributed by atoms with Gasteiger partial charge in [-0.05, 0) is 74.8 Å². The van der Waals surface area contributed by atoms with Crippen molar-refractivity contribution < 1.29 is 13.5 Å². The second kappa shape index (κ2) is 7.69. The van der Waals surface area contributed by atoms with Crippen LogP contribution in [0.5, 0.6) is 0 Å². The smallest absolute Gasteiger partial charge is 0.126 e.